The largest absolute Gasteiger partial charge is 0.0957 e. The van der Waals surface area contributed by atoms with Crippen LogP contribution in [-0.4, -0.2) is 0 Å². The van der Waals surface area contributed by atoms with E-state index in [-0.39, 0.29) is 3.74 Å². The lowest BCUT2D eigenvalue weighted by Crippen LogP contribution is -1.88. The molecule has 0 saturated heterocycles. The van der Waals surface area contributed by atoms with Crippen LogP contribution in [0.4, 0.5) is 0 Å². The van der Waals surface area contributed by atoms with Gasteiger partial charge in [-0.2, -0.15) is 0 Å². The molecule has 0 fully saturated rings. The van der Waals surface area contributed by atoms with Crippen LogP contribution in [0.2, 0.25) is 0 Å². The van der Waals surface area contributed by atoms with E-state index in [0.717, 1.165) is 14.3 Å². The summed E-state index contributed by atoms with van der Waals surface area (Å²) in [5, 5.41) is 0.849. The molecular weight excluding hydrogens is 496 g/mol. The summed E-state index contributed by atoms with van der Waals surface area (Å²) in [5.41, 5.74) is 2.41. The number of rotatable bonds is 2. The van der Waals surface area contributed by atoms with Gasteiger partial charge in [0.2, 0.25) is 0 Å². The van der Waals surface area contributed by atoms with Crippen molar-refractivity contribution < 1.29 is 0 Å². The van der Waals surface area contributed by atoms with Gasteiger partial charge in [0.05, 0.1) is 3.74 Å². The maximum atomic E-state index is 3.54. The maximum absolute atomic E-state index is 3.54. The van der Waals surface area contributed by atoms with Gasteiger partial charge in [-0.3, -0.25) is 0 Å². The van der Waals surface area contributed by atoms with E-state index in [1.54, 1.807) is 0 Å². The zero-order chi connectivity index (χ0) is 10.0. The van der Waals surface area contributed by atoms with E-state index in [2.05, 4.69) is 91.8 Å². The van der Waals surface area contributed by atoms with Crippen LogP contribution < -0.4 is 0 Å². The molecule has 72 valence electrons. The molecule has 1 aromatic carbocycles. The van der Waals surface area contributed by atoms with Gasteiger partial charge < -0.3 is 0 Å². The Morgan fingerprint density at radius 2 is 1.69 bits per heavy atom. The molecule has 0 bridgehead atoms. The Labute approximate surface area is 119 Å². The summed E-state index contributed by atoms with van der Waals surface area (Å²) in [5.74, 6) is 0. The van der Waals surface area contributed by atoms with E-state index >= 15 is 0 Å². The third kappa shape index (κ3) is 3.03. The van der Waals surface area contributed by atoms with E-state index < -0.39 is 0 Å². The van der Waals surface area contributed by atoms with Gasteiger partial charge in [0.25, 0.3) is 0 Å². The molecule has 13 heavy (non-hydrogen) atoms. The predicted octanol–water partition coefficient (Wildman–Crippen LogP) is 5.89. The number of hydrogen-bond donors (Lipinski definition) is 0. The van der Waals surface area contributed by atoms with Gasteiger partial charge in [-0.05, 0) is 43.0 Å². The SMILES string of the molecule is BrCc1ccc(C(Br)Br)c(Br)c1Br. The average molecular weight is 501 g/mol. The number of benzene rings is 1. The Balaban J connectivity index is 3.23. The third-order valence-corrected chi connectivity index (χ3v) is 5.45. The summed E-state index contributed by atoms with van der Waals surface area (Å²) in [4.78, 5) is 0. The number of alkyl halides is 3. The fourth-order valence-corrected chi connectivity index (χ4v) is 4.21. The molecule has 1 rings (SSSR count). The second kappa shape index (κ2) is 5.64. The highest BCUT2D eigenvalue weighted by molar-refractivity contribution is 9.24. The van der Waals surface area contributed by atoms with Gasteiger partial charge in [0.1, 0.15) is 0 Å². The molecule has 0 N–H and O–H groups in total. The second-order valence-electron chi connectivity index (χ2n) is 2.38. The van der Waals surface area contributed by atoms with E-state index in [0.29, 0.717) is 0 Å². The molecule has 0 aliphatic heterocycles. The van der Waals surface area contributed by atoms with Crippen molar-refractivity contribution in [2.75, 3.05) is 0 Å². The smallest absolute Gasteiger partial charge is 0.0876 e. The Morgan fingerprint density at radius 3 is 2.15 bits per heavy atom. The highest BCUT2D eigenvalue weighted by atomic mass is 79.9. The molecule has 0 amide bonds. The minimum atomic E-state index is 0.176. The number of halogens is 5. The van der Waals surface area contributed by atoms with Crippen LogP contribution in [-0.2, 0) is 5.33 Å². The van der Waals surface area contributed by atoms with Crippen molar-refractivity contribution in [3.05, 3.63) is 32.2 Å². The molecule has 0 aliphatic carbocycles. The van der Waals surface area contributed by atoms with Crippen molar-refractivity contribution in [1.29, 1.82) is 0 Å². The molecule has 0 heterocycles. The van der Waals surface area contributed by atoms with E-state index in [4.69, 9.17) is 0 Å². The van der Waals surface area contributed by atoms with Gasteiger partial charge in [-0.15, -0.1) is 0 Å². The van der Waals surface area contributed by atoms with Crippen LogP contribution in [0.1, 0.15) is 14.9 Å². The highest BCUT2D eigenvalue weighted by Gasteiger charge is 2.12. The van der Waals surface area contributed by atoms with Crippen LogP contribution >= 0.6 is 79.6 Å². The quantitative estimate of drug-likeness (QED) is 0.444. The summed E-state index contributed by atoms with van der Waals surface area (Å²) in [6.45, 7) is 0. The first-order valence-corrected chi connectivity index (χ1v) is 7.92. The van der Waals surface area contributed by atoms with Gasteiger partial charge in [0, 0.05) is 14.3 Å². The minimum absolute atomic E-state index is 0.176. The van der Waals surface area contributed by atoms with Gasteiger partial charge >= 0.3 is 0 Å². The van der Waals surface area contributed by atoms with Crippen LogP contribution in [0.25, 0.3) is 0 Å². The zero-order valence-electron chi connectivity index (χ0n) is 6.33. The minimum Gasteiger partial charge on any atom is -0.0876 e. The molecule has 0 atom stereocenters. The molecule has 5 heteroatoms. The molecule has 0 nitrogen and oxygen atoms in total. The molecule has 0 spiro atoms. The zero-order valence-corrected chi connectivity index (χ0v) is 14.3. The first-order valence-electron chi connectivity index (χ1n) is 3.38. The lowest BCUT2D eigenvalue weighted by Gasteiger charge is -2.10. The summed E-state index contributed by atoms with van der Waals surface area (Å²) in [6.07, 6.45) is 0. The van der Waals surface area contributed by atoms with Gasteiger partial charge in [0.15, 0.2) is 0 Å². The summed E-state index contributed by atoms with van der Waals surface area (Å²) < 4.78 is 2.36. The van der Waals surface area contributed by atoms with Crippen molar-refractivity contribution in [2.24, 2.45) is 0 Å². The Hall–Kier alpha value is 1.62. The lowest BCUT2D eigenvalue weighted by molar-refractivity contribution is 1.30. The molecule has 0 aromatic heterocycles. The average Bonchev–Trinajstić information content (AvgIpc) is 2.09. The van der Waals surface area contributed by atoms with Crippen LogP contribution in [0.3, 0.4) is 0 Å². The summed E-state index contributed by atoms with van der Waals surface area (Å²) >= 11 is 17.5. The van der Waals surface area contributed by atoms with Gasteiger partial charge in [-0.1, -0.05) is 59.9 Å². The fourth-order valence-electron chi connectivity index (χ4n) is 0.876. The normalized spacial score (nSPS) is 10.9. The van der Waals surface area contributed by atoms with Crippen LogP contribution in [0.15, 0.2) is 21.1 Å². The van der Waals surface area contributed by atoms with Crippen molar-refractivity contribution in [1.82, 2.24) is 0 Å². The maximum Gasteiger partial charge on any atom is 0.0957 e. The van der Waals surface area contributed by atoms with Crippen molar-refractivity contribution in [2.45, 2.75) is 9.07 Å². The third-order valence-electron chi connectivity index (χ3n) is 1.57. The number of hydrogen-bond acceptors (Lipinski definition) is 0. The monoisotopic (exact) mass is 496 g/mol. The highest BCUT2D eigenvalue weighted by Crippen LogP contribution is 2.39. The Bertz CT molecular complexity index is 308. The summed E-state index contributed by atoms with van der Waals surface area (Å²) in [6, 6.07) is 4.17. The van der Waals surface area contributed by atoms with Crippen LogP contribution in [0.5, 0.6) is 0 Å². The lowest BCUT2D eigenvalue weighted by atomic mass is 10.2. The van der Waals surface area contributed by atoms with Crippen molar-refractivity contribution in [3.8, 4) is 0 Å². The first-order chi connectivity index (χ1) is 6.07. The molecular formula is C8H5Br5. The van der Waals surface area contributed by atoms with E-state index in [1.165, 1.54) is 11.1 Å². The van der Waals surface area contributed by atoms with Crippen molar-refractivity contribution >= 4 is 79.6 Å². The van der Waals surface area contributed by atoms with Crippen LogP contribution in [0, 0.1) is 0 Å². The molecule has 0 aliphatic rings. The summed E-state index contributed by atoms with van der Waals surface area (Å²) in [7, 11) is 0. The Kier molecular flexibility index (Phi) is 5.50. The standard InChI is InChI=1S/C8H5Br5/c9-3-4-1-2-5(8(12)13)7(11)6(4)10/h1-2,8H,3H2. The van der Waals surface area contributed by atoms with Crippen molar-refractivity contribution in [3.63, 3.8) is 0 Å². The first kappa shape index (κ1) is 12.7. The predicted molar refractivity (Wildman–Crippen MR) is 75.1 cm³/mol. The van der Waals surface area contributed by atoms with Gasteiger partial charge in [-0.25, -0.2) is 0 Å². The molecule has 0 unspecified atom stereocenters. The molecule has 0 saturated carbocycles. The fraction of sp³-hybridized carbons (Fsp3) is 0.250. The molecule has 0 radical (unpaired) electrons. The molecule has 1 aromatic rings. The van der Waals surface area contributed by atoms with E-state index in [1.807, 2.05) is 0 Å². The topological polar surface area (TPSA) is 0 Å². The Morgan fingerprint density at radius 1 is 1.08 bits per heavy atom. The van der Waals surface area contributed by atoms with E-state index in [9.17, 15) is 0 Å². The second-order valence-corrected chi connectivity index (χ2v) is 7.58.